The lowest BCUT2D eigenvalue weighted by Crippen LogP contribution is -2.51. The summed E-state index contributed by atoms with van der Waals surface area (Å²) >= 11 is 5.97. The van der Waals surface area contributed by atoms with Crippen molar-refractivity contribution in [3.8, 4) is 0 Å². The van der Waals surface area contributed by atoms with Crippen molar-refractivity contribution in [2.24, 2.45) is 5.73 Å². The summed E-state index contributed by atoms with van der Waals surface area (Å²) in [6.07, 6.45) is 4.54. The normalized spacial score (nSPS) is 20.1. The Bertz CT molecular complexity index is 937. The minimum Gasteiger partial charge on any atom is -0.354 e. The van der Waals surface area contributed by atoms with Crippen molar-refractivity contribution in [2.45, 2.75) is 25.4 Å². The fourth-order valence-electron chi connectivity index (χ4n) is 4.04. The van der Waals surface area contributed by atoms with E-state index in [1.807, 2.05) is 18.3 Å². The smallest absolute Gasteiger partial charge is 0.143 e. The molecule has 0 amide bonds. The number of nitrogens with two attached hydrogens (primary N) is 1. The van der Waals surface area contributed by atoms with Crippen LogP contribution in [-0.4, -0.2) is 52.1 Å². The predicted octanol–water partition coefficient (Wildman–Crippen LogP) is 2.96. The molecule has 2 aromatic heterocycles. The van der Waals surface area contributed by atoms with Crippen LogP contribution in [0.4, 0.5) is 5.82 Å². The van der Waals surface area contributed by atoms with Crippen LogP contribution in [0.15, 0.2) is 36.8 Å². The molecule has 1 atom stereocenters. The number of aryl methyl sites for hydroxylation is 1. The number of H-pyrrole nitrogens is 1. The van der Waals surface area contributed by atoms with Gasteiger partial charge in [-0.05, 0) is 43.7 Å². The highest BCUT2D eigenvalue weighted by atomic mass is 35.5. The molecule has 3 heterocycles. The second-order valence-electron chi connectivity index (χ2n) is 7.73. The quantitative estimate of drug-likeness (QED) is 0.707. The Labute approximate surface area is 164 Å². The summed E-state index contributed by atoms with van der Waals surface area (Å²) in [5.41, 5.74) is 9.79. The van der Waals surface area contributed by atoms with E-state index in [0.717, 1.165) is 60.0 Å². The molecule has 0 bridgehead atoms. The molecule has 0 saturated carbocycles. The Morgan fingerprint density at radius 1 is 1.30 bits per heavy atom. The standard InChI is InChI=1S/C20H25ClN6/c1-14-9-23-18-17(14)19(25-13-24-18)27-8-7-20(22,12-27)11-26(2)10-15-3-5-16(21)6-4-15/h3-6,9,13H,7-8,10-12,22H2,1-2H3,(H,23,24,25). The average Bonchev–Trinajstić information content (AvgIpc) is 3.20. The zero-order valence-corrected chi connectivity index (χ0v) is 16.5. The van der Waals surface area contributed by atoms with Crippen LogP contribution in [-0.2, 0) is 6.54 Å². The van der Waals surface area contributed by atoms with Crippen LogP contribution in [0.1, 0.15) is 17.5 Å². The number of aromatic amines is 1. The van der Waals surface area contributed by atoms with Gasteiger partial charge >= 0.3 is 0 Å². The molecule has 1 saturated heterocycles. The first-order valence-electron chi connectivity index (χ1n) is 9.19. The number of halogens is 1. The Balaban J connectivity index is 1.46. The molecule has 7 heteroatoms. The molecule has 6 nitrogen and oxygen atoms in total. The minimum atomic E-state index is -0.261. The van der Waals surface area contributed by atoms with E-state index in [1.54, 1.807) is 6.33 Å². The molecule has 142 valence electrons. The van der Waals surface area contributed by atoms with Gasteiger partial charge in [0.25, 0.3) is 0 Å². The van der Waals surface area contributed by atoms with Crippen molar-refractivity contribution in [1.82, 2.24) is 19.9 Å². The van der Waals surface area contributed by atoms with E-state index in [-0.39, 0.29) is 5.54 Å². The van der Waals surface area contributed by atoms with E-state index in [0.29, 0.717) is 0 Å². The molecule has 27 heavy (non-hydrogen) atoms. The maximum atomic E-state index is 6.77. The maximum absolute atomic E-state index is 6.77. The molecule has 1 aliphatic rings. The molecule has 3 N–H and O–H groups in total. The Hall–Kier alpha value is -2.15. The van der Waals surface area contributed by atoms with Gasteiger partial charge in [0.05, 0.1) is 5.39 Å². The van der Waals surface area contributed by atoms with Gasteiger partial charge in [-0.25, -0.2) is 9.97 Å². The van der Waals surface area contributed by atoms with Crippen molar-refractivity contribution in [3.63, 3.8) is 0 Å². The van der Waals surface area contributed by atoms with Crippen molar-refractivity contribution in [1.29, 1.82) is 0 Å². The molecular weight excluding hydrogens is 360 g/mol. The van der Waals surface area contributed by atoms with E-state index in [2.05, 4.69) is 50.9 Å². The number of hydrogen-bond donors (Lipinski definition) is 2. The number of anilines is 1. The first-order valence-corrected chi connectivity index (χ1v) is 9.57. The molecule has 1 aromatic carbocycles. The molecule has 0 spiro atoms. The van der Waals surface area contributed by atoms with Crippen LogP contribution in [0.3, 0.4) is 0 Å². The van der Waals surface area contributed by atoms with Crippen molar-refractivity contribution < 1.29 is 0 Å². The summed E-state index contributed by atoms with van der Waals surface area (Å²) in [5, 5.41) is 1.86. The van der Waals surface area contributed by atoms with Gasteiger partial charge in [-0.2, -0.15) is 0 Å². The van der Waals surface area contributed by atoms with Gasteiger partial charge in [0, 0.05) is 42.9 Å². The molecule has 3 aromatic rings. The summed E-state index contributed by atoms with van der Waals surface area (Å²) in [4.78, 5) is 16.7. The van der Waals surface area contributed by atoms with Crippen molar-refractivity contribution in [2.75, 3.05) is 31.6 Å². The number of benzene rings is 1. The van der Waals surface area contributed by atoms with Crippen LogP contribution in [0, 0.1) is 6.92 Å². The summed E-state index contributed by atoms with van der Waals surface area (Å²) in [6, 6.07) is 7.99. The molecule has 1 fully saturated rings. The summed E-state index contributed by atoms with van der Waals surface area (Å²) in [7, 11) is 2.12. The number of rotatable bonds is 5. The van der Waals surface area contributed by atoms with Crippen LogP contribution in [0.5, 0.6) is 0 Å². The summed E-state index contributed by atoms with van der Waals surface area (Å²) in [5.74, 6) is 0.978. The molecular formula is C20H25ClN6. The number of likely N-dealkylation sites (N-methyl/N-ethyl adjacent to an activating group) is 1. The lowest BCUT2D eigenvalue weighted by atomic mass is 9.99. The SMILES string of the molecule is Cc1c[nH]c2ncnc(N3CCC(N)(CN(C)Cc4ccc(Cl)cc4)C3)c12. The van der Waals surface area contributed by atoms with Crippen LogP contribution < -0.4 is 10.6 Å². The van der Waals surface area contributed by atoms with Gasteiger partial charge in [0.2, 0.25) is 0 Å². The highest BCUT2D eigenvalue weighted by molar-refractivity contribution is 6.30. The zero-order valence-electron chi connectivity index (χ0n) is 15.7. The van der Waals surface area contributed by atoms with Gasteiger partial charge < -0.3 is 20.5 Å². The topological polar surface area (TPSA) is 74.1 Å². The third kappa shape index (κ3) is 3.78. The molecule has 1 unspecified atom stereocenters. The van der Waals surface area contributed by atoms with Crippen molar-refractivity contribution >= 4 is 28.5 Å². The van der Waals surface area contributed by atoms with E-state index >= 15 is 0 Å². The first-order chi connectivity index (χ1) is 12.9. The van der Waals surface area contributed by atoms with Gasteiger partial charge in [-0.1, -0.05) is 23.7 Å². The Kier molecular flexibility index (Phi) is 4.80. The Morgan fingerprint density at radius 3 is 2.85 bits per heavy atom. The lowest BCUT2D eigenvalue weighted by Gasteiger charge is -2.30. The highest BCUT2D eigenvalue weighted by Gasteiger charge is 2.36. The number of nitrogens with zero attached hydrogens (tertiary/aromatic N) is 4. The molecule has 0 radical (unpaired) electrons. The highest BCUT2D eigenvalue weighted by Crippen LogP contribution is 2.31. The minimum absolute atomic E-state index is 0.261. The van der Waals surface area contributed by atoms with Gasteiger partial charge in [0.15, 0.2) is 0 Å². The maximum Gasteiger partial charge on any atom is 0.143 e. The number of nitrogens with one attached hydrogen (secondary N) is 1. The second kappa shape index (κ2) is 7.11. The molecule has 1 aliphatic heterocycles. The fraction of sp³-hybridized carbons (Fsp3) is 0.400. The van der Waals surface area contributed by atoms with E-state index < -0.39 is 0 Å². The van der Waals surface area contributed by atoms with Gasteiger partial charge in [0.1, 0.15) is 17.8 Å². The predicted molar refractivity (Wildman–Crippen MR) is 110 cm³/mol. The van der Waals surface area contributed by atoms with Gasteiger partial charge in [-0.3, -0.25) is 0 Å². The van der Waals surface area contributed by atoms with E-state index in [1.165, 1.54) is 5.56 Å². The third-order valence-corrected chi connectivity index (χ3v) is 5.53. The molecule has 0 aliphatic carbocycles. The summed E-state index contributed by atoms with van der Waals surface area (Å²) < 4.78 is 0. The third-order valence-electron chi connectivity index (χ3n) is 5.28. The van der Waals surface area contributed by atoms with E-state index in [9.17, 15) is 0 Å². The van der Waals surface area contributed by atoms with Crippen LogP contribution >= 0.6 is 11.6 Å². The van der Waals surface area contributed by atoms with E-state index in [4.69, 9.17) is 17.3 Å². The Morgan fingerprint density at radius 2 is 2.07 bits per heavy atom. The monoisotopic (exact) mass is 384 g/mol. The number of fused-ring (bicyclic) bond motifs is 1. The average molecular weight is 385 g/mol. The van der Waals surface area contributed by atoms with Crippen molar-refractivity contribution in [3.05, 3.63) is 52.9 Å². The first kappa shape index (κ1) is 18.2. The fourth-order valence-corrected chi connectivity index (χ4v) is 4.16. The van der Waals surface area contributed by atoms with Crippen LogP contribution in [0.25, 0.3) is 11.0 Å². The number of hydrogen-bond acceptors (Lipinski definition) is 5. The number of aromatic nitrogens is 3. The van der Waals surface area contributed by atoms with Crippen LogP contribution in [0.2, 0.25) is 5.02 Å². The largest absolute Gasteiger partial charge is 0.354 e. The summed E-state index contributed by atoms with van der Waals surface area (Å²) in [6.45, 7) is 5.45. The lowest BCUT2D eigenvalue weighted by molar-refractivity contribution is 0.252. The second-order valence-corrected chi connectivity index (χ2v) is 8.16. The zero-order chi connectivity index (χ0) is 19.0. The van der Waals surface area contributed by atoms with Gasteiger partial charge in [-0.15, -0.1) is 0 Å². The molecule has 4 rings (SSSR count).